The molecule has 0 saturated carbocycles. The Morgan fingerprint density at radius 1 is 1.44 bits per heavy atom. The van der Waals surface area contributed by atoms with Crippen molar-refractivity contribution in [2.45, 2.75) is 17.3 Å². The fraction of sp³-hybridized carbons (Fsp3) is 0.273. The van der Waals surface area contributed by atoms with Crippen LogP contribution in [0, 0.1) is 11.3 Å². The van der Waals surface area contributed by atoms with E-state index in [-0.39, 0.29) is 0 Å². The van der Waals surface area contributed by atoms with Gasteiger partial charge in [-0.1, -0.05) is 11.8 Å². The van der Waals surface area contributed by atoms with E-state index < -0.39 is 11.4 Å². The zero-order chi connectivity index (χ0) is 12.0. The maximum absolute atomic E-state index is 10.7. The zero-order valence-electron chi connectivity index (χ0n) is 8.97. The van der Waals surface area contributed by atoms with Crippen molar-refractivity contribution in [1.82, 2.24) is 0 Å². The summed E-state index contributed by atoms with van der Waals surface area (Å²) in [7, 11) is 1.58. The van der Waals surface area contributed by atoms with Crippen LogP contribution in [0.4, 0.5) is 0 Å². The lowest BCUT2D eigenvalue weighted by Gasteiger charge is -2.08. The fourth-order valence-corrected chi connectivity index (χ4v) is 1.78. The largest absolute Gasteiger partial charge is 0.497 e. The van der Waals surface area contributed by atoms with Gasteiger partial charge in [-0.25, -0.2) is 0 Å². The highest BCUT2D eigenvalue weighted by molar-refractivity contribution is 8.00. The number of hydrogen-bond donors (Lipinski definition) is 0. The Bertz CT molecular complexity index is 397. The van der Waals surface area contributed by atoms with Crippen LogP contribution in [0.5, 0.6) is 5.75 Å². The number of carbonyl (C=O) groups excluding carboxylic acids is 1. The van der Waals surface area contributed by atoms with Gasteiger partial charge >= 0.3 is 5.97 Å². The third kappa shape index (κ3) is 3.83. The number of nitriles is 1. The average Bonchev–Trinajstić information content (AvgIpc) is 2.28. The third-order valence-electron chi connectivity index (χ3n) is 1.68. The monoisotopic (exact) mass is 237 g/mol. The number of methoxy groups -OCH3 is 1. The molecule has 84 valence electrons. The van der Waals surface area contributed by atoms with E-state index in [4.69, 9.17) is 14.7 Å². The molecule has 0 spiro atoms. The highest BCUT2D eigenvalue weighted by Gasteiger charge is 2.12. The molecule has 0 bridgehead atoms. The Morgan fingerprint density at radius 2 is 2.06 bits per heavy atom. The van der Waals surface area contributed by atoms with E-state index in [1.807, 2.05) is 6.07 Å². The van der Waals surface area contributed by atoms with Gasteiger partial charge in [0.05, 0.1) is 7.11 Å². The molecular formula is C11H11NO3S. The second kappa shape index (κ2) is 6.03. The lowest BCUT2D eigenvalue weighted by molar-refractivity contribution is -0.140. The molecule has 16 heavy (non-hydrogen) atoms. The molecule has 0 aliphatic rings. The van der Waals surface area contributed by atoms with Crippen molar-refractivity contribution in [3.05, 3.63) is 24.3 Å². The van der Waals surface area contributed by atoms with Gasteiger partial charge < -0.3 is 9.47 Å². The number of carbonyl (C=O) groups is 1. The van der Waals surface area contributed by atoms with Crippen molar-refractivity contribution in [3.8, 4) is 11.8 Å². The van der Waals surface area contributed by atoms with Crippen molar-refractivity contribution in [2.75, 3.05) is 7.11 Å². The summed E-state index contributed by atoms with van der Waals surface area (Å²) in [5.41, 5.74) is -0.814. The van der Waals surface area contributed by atoms with Crippen LogP contribution in [0.3, 0.4) is 0 Å². The number of ether oxygens (including phenoxy) is 2. The van der Waals surface area contributed by atoms with Crippen molar-refractivity contribution in [3.63, 3.8) is 0 Å². The molecular weight excluding hydrogens is 226 g/mol. The average molecular weight is 237 g/mol. The summed E-state index contributed by atoms with van der Waals surface area (Å²) in [6.45, 7) is 1.28. The van der Waals surface area contributed by atoms with Gasteiger partial charge in [-0.3, -0.25) is 4.79 Å². The van der Waals surface area contributed by atoms with Crippen molar-refractivity contribution >= 4 is 17.7 Å². The lowest BCUT2D eigenvalue weighted by atomic mass is 10.3. The number of hydrogen-bond acceptors (Lipinski definition) is 5. The first kappa shape index (κ1) is 12.4. The van der Waals surface area contributed by atoms with Gasteiger partial charge in [-0.2, -0.15) is 5.26 Å². The topological polar surface area (TPSA) is 59.3 Å². The van der Waals surface area contributed by atoms with Gasteiger partial charge in [0.15, 0.2) is 0 Å². The maximum atomic E-state index is 10.7. The summed E-state index contributed by atoms with van der Waals surface area (Å²) in [5.74, 6) is 0.276. The molecule has 0 aliphatic carbocycles. The van der Waals surface area contributed by atoms with Gasteiger partial charge in [-0.05, 0) is 24.3 Å². The fourth-order valence-electron chi connectivity index (χ4n) is 1.01. The summed E-state index contributed by atoms with van der Waals surface area (Å²) in [6.07, 6.45) is 0. The molecule has 1 aromatic carbocycles. The van der Waals surface area contributed by atoms with E-state index in [1.165, 1.54) is 18.7 Å². The highest BCUT2D eigenvalue weighted by atomic mass is 32.2. The van der Waals surface area contributed by atoms with Gasteiger partial charge in [-0.15, -0.1) is 0 Å². The SMILES string of the molecule is COc1ccc(SC(C#N)OC(C)=O)cc1. The number of nitrogens with zero attached hydrogens (tertiary/aromatic N) is 1. The molecule has 0 aromatic heterocycles. The molecule has 0 heterocycles. The molecule has 1 atom stereocenters. The van der Waals surface area contributed by atoms with Crippen molar-refractivity contribution in [2.24, 2.45) is 0 Å². The summed E-state index contributed by atoms with van der Waals surface area (Å²) >= 11 is 1.18. The molecule has 0 saturated heterocycles. The van der Waals surface area contributed by atoms with Crippen LogP contribution in [0.25, 0.3) is 0 Å². The minimum atomic E-state index is -0.814. The summed E-state index contributed by atoms with van der Waals surface area (Å²) in [6, 6.07) is 9.07. The standard InChI is InChI=1S/C11H11NO3S/c1-8(13)15-11(7-12)16-10-5-3-9(14-2)4-6-10/h3-6,11H,1-2H3. The summed E-state index contributed by atoms with van der Waals surface area (Å²) in [4.78, 5) is 11.5. The lowest BCUT2D eigenvalue weighted by Crippen LogP contribution is -2.09. The van der Waals surface area contributed by atoms with Crippen LogP contribution in [-0.2, 0) is 9.53 Å². The molecule has 5 heteroatoms. The first-order chi connectivity index (χ1) is 7.65. The normalized spacial score (nSPS) is 11.3. The van der Waals surface area contributed by atoms with Crippen LogP contribution >= 0.6 is 11.8 Å². The Labute approximate surface area is 98.2 Å². The van der Waals surface area contributed by atoms with Gasteiger partial charge in [0.25, 0.3) is 0 Å². The summed E-state index contributed by atoms with van der Waals surface area (Å²) in [5, 5.41) is 8.76. The van der Waals surface area contributed by atoms with Crippen LogP contribution in [0.1, 0.15) is 6.92 Å². The minimum absolute atomic E-state index is 0.465. The maximum Gasteiger partial charge on any atom is 0.304 e. The van der Waals surface area contributed by atoms with E-state index >= 15 is 0 Å². The van der Waals surface area contributed by atoms with E-state index in [9.17, 15) is 4.79 Å². The molecule has 1 aromatic rings. The molecule has 1 unspecified atom stereocenters. The van der Waals surface area contributed by atoms with E-state index in [1.54, 1.807) is 31.4 Å². The molecule has 1 rings (SSSR count). The second-order valence-corrected chi connectivity index (χ2v) is 4.00. The van der Waals surface area contributed by atoms with Crippen molar-refractivity contribution in [1.29, 1.82) is 5.26 Å². The molecule has 0 fully saturated rings. The Hall–Kier alpha value is -1.67. The Balaban J connectivity index is 2.64. The van der Waals surface area contributed by atoms with E-state index in [0.717, 1.165) is 10.6 Å². The number of thioether (sulfide) groups is 1. The van der Waals surface area contributed by atoms with E-state index in [0.29, 0.717) is 0 Å². The van der Waals surface area contributed by atoms with Gasteiger partial charge in [0.1, 0.15) is 11.8 Å². The van der Waals surface area contributed by atoms with Crippen LogP contribution < -0.4 is 4.74 Å². The second-order valence-electron chi connectivity index (χ2n) is 2.86. The van der Waals surface area contributed by atoms with Crippen LogP contribution in [-0.4, -0.2) is 18.5 Å². The molecule has 0 aliphatic heterocycles. The zero-order valence-corrected chi connectivity index (χ0v) is 9.78. The number of esters is 1. The predicted octanol–water partition coefficient (Wildman–Crippen LogP) is 2.20. The quantitative estimate of drug-likeness (QED) is 0.456. The minimum Gasteiger partial charge on any atom is -0.497 e. The van der Waals surface area contributed by atoms with Crippen LogP contribution in [0.2, 0.25) is 0 Å². The molecule has 0 N–H and O–H groups in total. The smallest absolute Gasteiger partial charge is 0.304 e. The Morgan fingerprint density at radius 3 is 2.50 bits per heavy atom. The molecule has 4 nitrogen and oxygen atoms in total. The Kier molecular flexibility index (Phi) is 4.67. The van der Waals surface area contributed by atoms with Crippen molar-refractivity contribution < 1.29 is 14.3 Å². The van der Waals surface area contributed by atoms with E-state index in [2.05, 4.69) is 0 Å². The van der Waals surface area contributed by atoms with Crippen LogP contribution in [0.15, 0.2) is 29.2 Å². The highest BCUT2D eigenvalue weighted by Crippen LogP contribution is 2.25. The summed E-state index contributed by atoms with van der Waals surface area (Å²) < 4.78 is 9.80. The molecule has 0 radical (unpaired) electrons. The van der Waals surface area contributed by atoms with Gasteiger partial charge in [0.2, 0.25) is 5.44 Å². The first-order valence-electron chi connectivity index (χ1n) is 4.53. The number of rotatable bonds is 4. The molecule has 0 amide bonds. The van der Waals surface area contributed by atoms with Gasteiger partial charge in [0, 0.05) is 11.8 Å². The predicted molar refractivity (Wildman–Crippen MR) is 60.0 cm³/mol. The number of benzene rings is 1. The third-order valence-corrected chi connectivity index (χ3v) is 2.64. The first-order valence-corrected chi connectivity index (χ1v) is 5.41.